The SMILES string of the molecule is [2H]S(=O)CP. The Hall–Kier alpha value is 0.580. The van der Waals surface area contributed by atoms with Gasteiger partial charge in [0.05, 0.1) is 0 Å². The molecule has 26 valence electrons. The summed E-state index contributed by atoms with van der Waals surface area (Å²) in [5, 5.41) is 0. The Morgan fingerprint density at radius 2 is 2.75 bits per heavy atom. The van der Waals surface area contributed by atoms with Crippen molar-refractivity contribution in [2.45, 2.75) is 0 Å². The van der Waals surface area contributed by atoms with Crippen LogP contribution in [0.2, 0.25) is 0 Å². The van der Waals surface area contributed by atoms with E-state index < -0.39 is 11.6 Å². The molecule has 0 bridgehead atoms. The van der Waals surface area contributed by atoms with Gasteiger partial charge in [0.1, 0.15) is 1.12 Å². The van der Waals surface area contributed by atoms with Crippen LogP contribution in [0.5, 0.6) is 0 Å². The molecule has 0 rings (SSSR count). The highest BCUT2D eigenvalue weighted by Gasteiger charge is 1.49. The fourth-order valence-corrected chi connectivity index (χ4v) is 0. The van der Waals surface area contributed by atoms with E-state index in [1.54, 1.807) is 0 Å². The summed E-state index contributed by atoms with van der Waals surface area (Å²) >= 11 is -1.36. The van der Waals surface area contributed by atoms with Crippen LogP contribution in [-0.2, 0) is 11.6 Å². The highest BCUT2D eigenvalue weighted by molar-refractivity contribution is 7.71. The van der Waals surface area contributed by atoms with Gasteiger partial charge in [-0.25, -0.2) is 0 Å². The van der Waals surface area contributed by atoms with Crippen LogP contribution < -0.4 is 0 Å². The highest BCUT2D eigenvalue weighted by atomic mass is 32.1. The third kappa shape index (κ3) is 2.58. The van der Waals surface area contributed by atoms with Gasteiger partial charge in [0, 0.05) is 17.1 Å². The number of hydrogen-bond acceptors (Lipinski definition) is 1. The van der Waals surface area contributed by atoms with Crippen molar-refractivity contribution in [1.82, 2.24) is 0 Å². The van der Waals surface area contributed by atoms with Crippen molar-refractivity contribution in [3.05, 3.63) is 0 Å². The minimum Gasteiger partial charge on any atom is -0.262 e. The van der Waals surface area contributed by atoms with Gasteiger partial charge in [-0.05, 0) is 0 Å². The molecule has 0 amide bonds. The van der Waals surface area contributed by atoms with E-state index in [1.165, 1.54) is 0 Å². The second-order valence-electron chi connectivity index (χ2n) is 0.285. The molecule has 2 atom stereocenters. The molecule has 0 saturated carbocycles. The molecular weight excluding hydrogens is 91.1 g/mol. The van der Waals surface area contributed by atoms with Gasteiger partial charge in [-0.15, -0.1) is 9.24 Å². The second kappa shape index (κ2) is 3.58. The first kappa shape index (κ1) is 2.80. The summed E-state index contributed by atoms with van der Waals surface area (Å²) in [5.41, 5.74) is 0.361. The first-order valence-electron chi connectivity index (χ1n) is 1.27. The molecule has 0 N–H and O–H groups in total. The van der Waals surface area contributed by atoms with Gasteiger partial charge in [0.25, 0.3) is 0 Å². The predicted octanol–water partition coefficient (Wildman–Crippen LogP) is -0.236. The molecule has 0 aromatic rings. The normalized spacial score (nSPS) is 18.8. The Balaban J connectivity index is 2.85. The Morgan fingerprint density at radius 1 is 2.50 bits per heavy atom. The summed E-state index contributed by atoms with van der Waals surface area (Å²) < 4.78 is 15.8. The second-order valence-corrected chi connectivity index (χ2v) is 1.85. The summed E-state index contributed by atoms with van der Waals surface area (Å²) in [6.07, 6.45) is 0. The third-order valence-electron chi connectivity index (χ3n) is 0.0680. The van der Waals surface area contributed by atoms with Gasteiger partial charge < -0.3 is 0 Å². The molecule has 0 heterocycles. The molecule has 0 saturated heterocycles. The van der Waals surface area contributed by atoms with Gasteiger partial charge in [0.15, 0.2) is 0 Å². The van der Waals surface area contributed by atoms with E-state index in [0.29, 0.717) is 5.49 Å². The summed E-state index contributed by atoms with van der Waals surface area (Å²) in [4.78, 5) is 0. The van der Waals surface area contributed by atoms with Crippen molar-refractivity contribution in [3.63, 3.8) is 0 Å². The van der Waals surface area contributed by atoms with Crippen LogP contribution >= 0.6 is 9.24 Å². The molecule has 0 spiro atoms. The summed E-state index contributed by atoms with van der Waals surface area (Å²) in [5.74, 6) is 0. The van der Waals surface area contributed by atoms with Crippen molar-refractivity contribution in [2.75, 3.05) is 5.49 Å². The van der Waals surface area contributed by atoms with Crippen LogP contribution in [0, 0.1) is 0 Å². The zero-order valence-corrected chi connectivity index (χ0v) is 4.07. The van der Waals surface area contributed by atoms with Crippen LogP contribution in [0.1, 0.15) is 0 Å². The minimum absolute atomic E-state index is 0.361. The van der Waals surface area contributed by atoms with Gasteiger partial charge >= 0.3 is 0 Å². The molecule has 0 aliphatic heterocycles. The fourth-order valence-electron chi connectivity index (χ4n) is 0. The molecular formula is CH5OPS. The molecule has 0 aromatic heterocycles. The van der Waals surface area contributed by atoms with Gasteiger partial charge in [0.2, 0.25) is 0 Å². The Morgan fingerprint density at radius 3 is 2.75 bits per heavy atom. The van der Waals surface area contributed by atoms with Crippen molar-refractivity contribution in [3.8, 4) is 0 Å². The fraction of sp³-hybridized carbons (Fsp3) is 1.00. The van der Waals surface area contributed by atoms with E-state index in [2.05, 4.69) is 9.24 Å². The van der Waals surface area contributed by atoms with Gasteiger partial charge in [-0.2, -0.15) is 0 Å². The molecule has 0 aromatic carbocycles. The molecule has 0 aliphatic rings. The standard InChI is InChI=1S/CH5OPS/c2-4-1-3/h4H,1,3H2/i4D. The lowest BCUT2D eigenvalue weighted by Gasteiger charge is -1.54. The van der Waals surface area contributed by atoms with Crippen LogP contribution in [0.25, 0.3) is 0 Å². The average molecular weight is 97.1 g/mol. The van der Waals surface area contributed by atoms with Crippen LogP contribution in [0.4, 0.5) is 0 Å². The zero-order valence-electron chi connectivity index (χ0n) is 3.10. The van der Waals surface area contributed by atoms with E-state index in [9.17, 15) is 4.21 Å². The van der Waals surface area contributed by atoms with Crippen molar-refractivity contribution < 1.29 is 4.21 Å². The van der Waals surface area contributed by atoms with Crippen LogP contribution in [0.15, 0.2) is 0 Å². The molecule has 0 aliphatic carbocycles. The van der Waals surface area contributed by atoms with Gasteiger partial charge in [-0.1, -0.05) is 0 Å². The molecule has 2 unspecified atom stereocenters. The lowest BCUT2D eigenvalue weighted by molar-refractivity contribution is 0.696. The quantitative estimate of drug-likeness (QED) is 0.353. The summed E-state index contributed by atoms with van der Waals surface area (Å²) in [6, 6.07) is 0. The van der Waals surface area contributed by atoms with Crippen molar-refractivity contribution in [1.29, 1.82) is 1.12 Å². The maximum atomic E-state index is 9.57. The first-order chi connectivity index (χ1) is 2.27. The molecule has 3 heteroatoms. The summed E-state index contributed by atoms with van der Waals surface area (Å²) in [6.45, 7) is 0. The Kier molecular flexibility index (Phi) is 2.50. The largest absolute Gasteiger partial charge is 0.262 e. The predicted molar refractivity (Wildman–Crippen MR) is 24.1 cm³/mol. The molecule has 0 fully saturated rings. The highest BCUT2D eigenvalue weighted by Crippen LogP contribution is 1.69. The van der Waals surface area contributed by atoms with E-state index >= 15 is 0 Å². The number of thiol groups is 1. The van der Waals surface area contributed by atoms with Crippen molar-refractivity contribution in [2.24, 2.45) is 0 Å². The van der Waals surface area contributed by atoms with E-state index in [-0.39, 0.29) is 0 Å². The average Bonchev–Trinajstić information content (AvgIpc) is 1.38. The monoisotopic (exact) mass is 97.0 g/mol. The summed E-state index contributed by atoms with van der Waals surface area (Å²) in [7, 11) is 2.21. The maximum Gasteiger partial charge on any atom is 0.140 e. The molecule has 4 heavy (non-hydrogen) atoms. The number of hydrogen-bond donors (Lipinski definition) is 1. The van der Waals surface area contributed by atoms with Gasteiger partial charge in [-0.3, -0.25) is 4.21 Å². The maximum absolute atomic E-state index is 9.57. The van der Waals surface area contributed by atoms with E-state index in [1.807, 2.05) is 0 Å². The van der Waals surface area contributed by atoms with Crippen LogP contribution in [-0.4, -0.2) is 10.8 Å². The Bertz CT molecular complexity index is 46.9. The lowest BCUT2D eigenvalue weighted by atomic mass is 11.9. The minimum atomic E-state index is -1.36. The lowest BCUT2D eigenvalue weighted by Crippen LogP contribution is -1.53. The zero-order chi connectivity index (χ0) is 4.28. The topological polar surface area (TPSA) is 17.1 Å². The number of rotatable bonds is 1. The Labute approximate surface area is 32.6 Å². The van der Waals surface area contributed by atoms with E-state index in [0.717, 1.165) is 0 Å². The molecule has 0 radical (unpaired) electrons. The third-order valence-corrected chi connectivity index (χ3v) is 0.612. The first-order valence-corrected chi connectivity index (χ1v) is 2.59. The van der Waals surface area contributed by atoms with Crippen molar-refractivity contribution >= 4 is 20.8 Å². The van der Waals surface area contributed by atoms with E-state index in [4.69, 9.17) is 1.12 Å². The van der Waals surface area contributed by atoms with Crippen LogP contribution in [0.3, 0.4) is 0 Å². The molecule has 1 nitrogen and oxygen atoms in total. The smallest absolute Gasteiger partial charge is 0.140 e.